The smallest absolute Gasteiger partial charge is 0.293 e. The Morgan fingerprint density at radius 2 is 2.00 bits per heavy atom. The van der Waals surface area contributed by atoms with Crippen LogP contribution < -0.4 is 10.5 Å². The molecule has 118 valence electrons. The zero-order valence-electron chi connectivity index (χ0n) is 13.0. The van der Waals surface area contributed by atoms with Crippen molar-refractivity contribution in [2.75, 3.05) is 31.1 Å². The van der Waals surface area contributed by atoms with E-state index in [0.29, 0.717) is 18.4 Å². The first kappa shape index (κ1) is 15.2. The fraction of sp³-hybridized carbons (Fsp3) is 0.533. The van der Waals surface area contributed by atoms with Gasteiger partial charge in [0.1, 0.15) is 5.01 Å². The lowest BCUT2D eigenvalue weighted by molar-refractivity contribution is 0.197. The molecule has 7 heteroatoms. The molecule has 3 heterocycles. The molecule has 0 aromatic carbocycles. The van der Waals surface area contributed by atoms with Gasteiger partial charge in [-0.05, 0) is 13.8 Å². The third kappa shape index (κ3) is 2.91. The maximum atomic E-state index is 12.3. The average Bonchev–Trinajstić information content (AvgIpc) is 3.09. The first-order valence-electron chi connectivity index (χ1n) is 7.64. The molecule has 0 N–H and O–H groups in total. The van der Waals surface area contributed by atoms with Crippen molar-refractivity contribution in [3.63, 3.8) is 0 Å². The van der Waals surface area contributed by atoms with Gasteiger partial charge in [0, 0.05) is 56.7 Å². The number of piperazine rings is 1. The molecular weight excluding hydrogens is 298 g/mol. The summed E-state index contributed by atoms with van der Waals surface area (Å²) in [7, 11) is 0. The summed E-state index contributed by atoms with van der Waals surface area (Å²) >= 11 is 1.70. The number of aryl methyl sites for hydroxylation is 1. The van der Waals surface area contributed by atoms with E-state index in [1.807, 2.05) is 18.5 Å². The van der Waals surface area contributed by atoms with Crippen molar-refractivity contribution < 1.29 is 0 Å². The van der Waals surface area contributed by atoms with E-state index in [9.17, 15) is 4.79 Å². The van der Waals surface area contributed by atoms with Gasteiger partial charge in [-0.2, -0.15) is 0 Å². The van der Waals surface area contributed by atoms with Crippen LogP contribution in [0.15, 0.2) is 28.8 Å². The van der Waals surface area contributed by atoms with E-state index in [-0.39, 0.29) is 5.56 Å². The van der Waals surface area contributed by atoms with Gasteiger partial charge in [0.15, 0.2) is 5.82 Å². The quantitative estimate of drug-likeness (QED) is 0.857. The van der Waals surface area contributed by atoms with Crippen LogP contribution >= 0.6 is 11.3 Å². The molecule has 1 atom stereocenters. The van der Waals surface area contributed by atoms with E-state index in [4.69, 9.17) is 0 Å². The predicted octanol–water partition coefficient (Wildman–Crippen LogP) is 1.60. The van der Waals surface area contributed by atoms with Crippen molar-refractivity contribution in [3.8, 4) is 0 Å². The number of hydrogen-bond acceptors (Lipinski definition) is 6. The highest BCUT2D eigenvalue weighted by Gasteiger charge is 2.25. The summed E-state index contributed by atoms with van der Waals surface area (Å²) in [6.07, 6.45) is 5.31. The highest BCUT2D eigenvalue weighted by atomic mass is 32.1. The molecule has 2 aromatic heterocycles. The summed E-state index contributed by atoms with van der Waals surface area (Å²) in [6.45, 7) is 8.33. The number of nitrogens with zero attached hydrogens (tertiary/aromatic N) is 5. The summed E-state index contributed by atoms with van der Waals surface area (Å²) in [5.41, 5.74) is 0.00595. The van der Waals surface area contributed by atoms with E-state index in [1.165, 1.54) is 0 Å². The summed E-state index contributed by atoms with van der Waals surface area (Å²) in [4.78, 5) is 25.5. The van der Waals surface area contributed by atoms with Crippen molar-refractivity contribution in [3.05, 3.63) is 39.3 Å². The molecule has 0 aliphatic carbocycles. The molecule has 22 heavy (non-hydrogen) atoms. The summed E-state index contributed by atoms with van der Waals surface area (Å²) in [5, 5.41) is 3.17. The molecule has 0 bridgehead atoms. The minimum absolute atomic E-state index is 0.00595. The third-order valence-corrected chi connectivity index (χ3v) is 5.15. The lowest BCUT2D eigenvalue weighted by Gasteiger charge is -2.37. The minimum Gasteiger partial charge on any atom is -0.349 e. The van der Waals surface area contributed by atoms with Crippen LogP contribution in [0.2, 0.25) is 0 Å². The number of hydrogen-bond donors (Lipinski definition) is 0. The molecule has 0 radical (unpaired) electrons. The molecular formula is C15H21N5OS. The fourth-order valence-corrected chi connectivity index (χ4v) is 3.55. The van der Waals surface area contributed by atoms with Crippen LogP contribution in [0.4, 0.5) is 5.82 Å². The van der Waals surface area contributed by atoms with Crippen LogP contribution in [-0.2, 0) is 6.54 Å². The molecule has 6 nitrogen and oxygen atoms in total. The van der Waals surface area contributed by atoms with Gasteiger partial charge in [0.25, 0.3) is 5.56 Å². The second kappa shape index (κ2) is 6.58. The molecule has 1 aliphatic heterocycles. The molecule has 0 spiro atoms. The summed E-state index contributed by atoms with van der Waals surface area (Å²) < 4.78 is 1.70. The van der Waals surface area contributed by atoms with E-state index < -0.39 is 0 Å². The number of rotatable bonds is 4. The SMILES string of the molecule is CCn1ccnc(N2CCN(C(C)c3nccs3)CC2)c1=O. The van der Waals surface area contributed by atoms with Crippen molar-refractivity contribution in [1.82, 2.24) is 19.4 Å². The number of aromatic nitrogens is 3. The zero-order valence-corrected chi connectivity index (χ0v) is 13.8. The Kier molecular flexibility index (Phi) is 4.54. The van der Waals surface area contributed by atoms with Crippen LogP contribution in [0.1, 0.15) is 24.9 Å². The van der Waals surface area contributed by atoms with Gasteiger partial charge in [0.05, 0.1) is 6.04 Å². The molecule has 0 amide bonds. The Labute approximate surface area is 134 Å². The van der Waals surface area contributed by atoms with Crippen LogP contribution in [-0.4, -0.2) is 45.6 Å². The number of thiazole rings is 1. The van der Waals surface area contributed by atoms with Crippen LogP contribution in [0, 0.1) is 0 Å². The predicted molar refractivity (Wildman–Crippen MR) is 88.5 cm³/mol. The van der Waals surface area contributed by atoms with Crippen molar-refractivity contribution in [2.24, 2.45) is 0 Å². The van der Waals surface area contributed by atoms with Crippen molar-refractivity contribution in [2.45, 2.75) is 26.4 Å². The molecule has 1 fully saturated rings. The first-order chi connectivity index (χ1) is 10.7. The van der Waals surface area contributed by atoms with Gasteiger partial charge in [-0.25, -0.2) is 9.97 Å². The number of anilines is 1. The van der Waals surface area contributed by atoms with Crippen molar-refractivity contribution >= 4 is 17.2 Å². The molecule has 1 aliphatic rings. The van der Waals surface area contributed by atoms with Gasteiger partial charge in [-0.15, -0.1) is 11.3 Å². The Morgan fingerprint density at radius 3 is 2.64 bits per heavy atom. The van der Waals surface area contributed by atoms with E-state index in [1.54, 1.807) is 28.3 Å². The Morgan fingerprint density at radius 1 is 1.23 bits per heavy atom. The van der Waals surface area contributed by atoms with E-state index >= 15 is 0 Å². The fourth-order valence-electron chi connectivity index (χ4n) is 2.82. The maximum absolute atomic E-state index is 12.3. The standard InChI is InChI=1S/C15H21N5OS/c1-3-18-6-4-16-13(15(18)21)20-9-7-19(8-10-20)12(2)14-17-5-11-22-14/h4-6,11-12H,3,7-10H2,1-2H3. The molecule has 1 unspecified atom stereocenters. The maximum Gasteiger partial charge on any atom is 0.293 e. The van der Waals surface area contributed by atoms with Gasteiger partial charge in [0.2, 0.25) is 0 Å². The van der Waals surface area contributed by atoms with Crippen LogP contribution in [0.3, 0.4) is 0 Å². The molecule has 2 aromatic rings. The van der Waals surface area contributed by atoms with Gasteiger partial charge < -0.3 is 9.47 Å². The monoisotopic (exact) mass is 319 g/mol. The van der Waals surface area contributed by atoms with E-state index in [0.717, 1.165) is 31.2 Å². The van der Waals surface area contributed by atoms with Gasteiger partial charge >= 0.3 is 0 Å². The zero-order chi connectivity index (χ0) is 15.5. The second-order valence-electron chi connectivity index (χ2n) is 5.41. The minimum atomic E-state index is 0.00595. The normalized spacial score (nSPS) is 17.6. The summed E-state index contributed by atoms with van der Waals surface area (Å²) in [5.74, 6) is 0.575. The Hall–Kier alpha value is -1.73. The summed E-state index contributed by atoms with van der Waals surface area (Å²) in [6, 6.07) is 0.332. The molecule has 0 saturated carbocycles. The third-order valence-electron chi connectivity index (χ3n) is 4.21. The van der Waals surface area contributed by atoms with Crippen LogP contribution in [0.5, 0.6) is 0 Å². The van der Waals surface area contributed by atoms with Crippen molar-refractivity contribution in [1.29, 1.82) is 0 Å². The molecule has 3 rings (SSSR count). The highest BCUT2D eigenvalue weighted by molar-refractivity contribution is 7.09. The Balaban J connectivity index is 1.68. The first-order valence-corrected chi connectivity index (χ1v) is 8.52. The largest absolute Gasteiger partial charge is 0.349 e. The van der Waals surface area contributed by atoms with Gasteiger partial charge in [-0.3, -0.25) is 9.69 Å². The lowest BCUT2D eigenvalue weighted by Crippen LogP contribution is -2.49. The topological polar surface area (TPSA) is 54.3 Å². The second-order valence-corrected chi connectivity index (χ2v) is 6.34. The Bertz CT molecular complexity index is 661. The van der Waals surface area contributed by atoms with E-state index in [2.05, 4.69) is 26.7 Å². The highest BCUT2D eigenvalue weighted by Crippen LogP contribution is 2.23. The van der Waals surface area contributed by atoms with Gasteiger partial charge in [-0.1, -0.05) is 0 Å². The average molecular weight is 319 g/mol. The molecule has 1 saturated heterocycles. The van der Waals surface area contributed by atoms with Crippen LogP contribution in [0.25, 0.3) is 0 Å². The lowest BCUT2D eigenvalue weighted by atomic mass is 10.2.